The molecule has 0 aliphatic rings. The number of hydrogen-bond donors (Lipinski definition) is 2. The number of aromatic nitrogens is 2. The van der Waals surface area contributed by atoms with E-state index in [2.05, 4.69) is 15.6 Å². The van der Waals surface area contributed by atoms with Gasteiger partial charge in [0.2, 0.25) is 0 Å². The first-order chi connectivity index (χ1) is 14.6. The van der Waals surface area contributed by atoms with Gasteiger partial charge in [-0.05, 0) is 48.9 Å². The Morgan fingerprint density at radius 1 is 1.07 bits per heavy atom. The van der Waals surface area contributed by atoms with Crippen LogP contribution in [0.25, 0.3) is 0 Å². The number of nitrogens with one attached hydrogen (secondary N) is 2. The molecule has 0 saturated heterocycles. The lowest BCUT2D eigenvalue weighted by Crippen LogP contribution is -2.42. The lowest BCUT2D eigenvalue weighted by atomic mass is 10.2. The molecule has 0 aliphatic heterocycles. The van der Waals surface area contributed by atoms with Crippen LogP contribution in [0, 0.1) is 0 Å². The zero-order valence-corrected chi connectivity index (χ0v) is 17.5. The third-order valence-electron chi connectivity index (χ3n) is 4.23. The summed E-state index contributed by atoms with van der Waals surface area (Å²) in [5.74, 6) is 1.50. The van der Waals surface area contributed by atoms with Crippen molar-refractivity contribution in [2.45, 2.75) is 26.1 Å². The highest BCUT2D eigenvalue weighted by Crippen LogP contribution is 2.16. The fourth-order valence-electron chi connectivity index (χ4n) is 2.77. The molecule has 2 aromatic carbocycles. The average molecular weight is 429 g/mol. The Bertz CT molecular complexity index is 899. The predicted molar refractivity (Wildman–Crippen MR) is 116 cm³/mol. The molecule has 158 valence electrons. The number of ether oxygens (including phenoxy) is 2. The second-order valence-electron chi connectivity index (χ2n) is 6.78. The maximum atomic E-state index is 12.0. The molecule has 1 unspecified atom stereocenters. The predicted octanol–water partition coefficient (Wildman–Crippen LogP) is 3.88. The van der Waals surface area contributed by atoms with Gasteiger partial charge in [0.15, 0.2) is 0 Å². The van der Waals surface area contributed by atoms with Crippen LogP contribution >= 0.6 is 11.6 Å². The Hall–Kier alpha value is -3.19. The first-order valence-corrected chi connectivity index (χ1v) is 10.1. The molecule has 0 aliphatic carbocycles. The maximum Gasteiger partial charge on any atom is 0.315 e. The zero-order chi connectivity index (χ0) is 21.2. The van der Waals surface area contributed by atoms with Gasteiger partial charge in [-0.25, -0.2) is 9.78 Å². The van der Waals surface area contributed by atoms with E-state index in [1.165, 1.54) is 0 Å². The second-order valence-corrected chi connectivity index (χ2v) is 7.22. The van der Waals surface area contributed by atoms with Crippen LogP contribution in [0.3, 0.4) is 0 Å². The summed E-state index contributed by atoms with van der Waals surface area (Å²) in [7, 11) is 0. The van der Waals surface area contributed by atoms with Crippen molar-refractivity contribution in [1.29, 1.82) is 0 Å². The van der Waals surface area contributed by atoms with Gasteiger partial charge in [0, 0.05) is 36.5 Å². The van der Waals surface area contributed by atoms with Crippen molar-refractivity contribution in [3.8, 4) is 11.5 Å². The van der Waals surface area contributed by atoms with Crippen molar-refractivity contribution in [2.24, 2.45) is 0 Å². The number of rotatable bonds is 10. The normalized spacial score (nSPS) is 11.5. The molecule has 1 atom stereocenters. The van der Waals surface area contributed by atoms with Crippen LogP contribution in [0.4, 0.5) is 4.79 Å². The molecule has 0 bridgehead atoms. The van der Waals surface area contributed by atoms with Crippen molar-refractivity contribution in [2.75, 3.05) is 13.2 Å². The van der Waals surface area contributed by atoms with Crippen LogP contribution in [0.2, 0.25) is 5.02 Å². The molecule has 3 rings (SSSR count). The summed E-state index contributed by atoms with van der Waals surface area (Å²) in [6, 6.07) is 14.6. The SMILES string of the molecule is CC(Cn1ccnc1)NC(=O)NCc1ccc(OCCOc2ccc(Cl)cc2)cc1. The van der Waals surface area contributed by atoms with E-state index in [1.54, 1.807) is 24.7 Å². The number of carbonyl (C=O) groups is 1. The summed E-state index contributed by atoms with van der Waals surface area (Å²) in [5, 5.41) is 6.44. The van der Waals surface area contributed by atoms with E-state index in [0.29, 0.717) is 31.3 Å². The smallest absolute Gasteiger partial charge is 0.315 e. The Morgan fingerprint density at radius 3 is 2.30 bits per heavy atom. The van der Waals surface area contributed by atoms with E-state index in [1.807, 2.05) is 54.1 Å². The number of urea groups is 1. The fourth-order valence-corrected chi connectivity index (χ4v) is 2.89. The van der Waals surface area contributed by atoms with Gasteiger partial charge < -0.3 is 24.7 Å². The molecule has 1 aromatic heterocycles. The van der Waals surface area contributed by atoms with E-state index in [9.17, 15) is 4.79 Å². The number of carbonyl (C=O) groups excluding carboxylic acids is 1. The monoisotopic (exact) mass is 428 g/mol. The van der Waals surface area contributed by atoms with Crippen LogP contribution < -0.4 is 20.1 Å². The number of hydrogen-bond acceptors (Lipinski definition) is 4. The van der Waals surface area contributed by atoms with Crippen LogP contribution in [-0.2, 0) is 13.1 Å². The summed E-state index contributed by atoms with van der Waals surface area (Å²) < 4.78 is 13.2. The number of halogens is 1. The largest absolute Gasteiger partial charge is 0.490 e. The highest BCUT2D eigenvalue weighted by molar-refractivity contribution is 6.30. The minimum atomic E-state index is -0.206. The van der Waals surface area contributed by atoms with Crippen molar-refractivity contribution < 1.29 is 14.3 Å². The number of benzene rings is 2. The number of amides is 2. The lowest BCUT2D eigenvalue weighted by molar-refractivity contribution is 0.217. The van der Waals surface area contributed by atoms with Gasteiger partial charge in [0.1, 0.15) is 24.7 Å². The van der Waals surface area contributed by atoms with E-state index in [0.717, 1.165) is 17.1 Å². The van der Waals surface area contributed by atoms with E-state index in [-0.39, 0.29) is 12.1 Å². The highest BCUT2D eigenvalue weighted by atomic mass is 35.5. The Labute approximate surface area is 181 Å². The van der Waals surface area contributed by atoms with Gasteiger partial charge in [-0.3, -0.25) is 0 Å². The topological polar surface area (TPSA) is 77.4 Å². The second kappa shape index (κ2) is 11.1. The van der Waals surface area contributed by atoms with Crippen LogP contribution in [0.1, 0.15) is 12.5 Å². The summed E-state index contributed by atoms with van der Waals surface area (Å²) >= 11 is 5.84. The van der Waals surface area contributed by atoms with E-state index < -0.39 is 0 Å². The van der Waals surface area contributed by atoms with Crippen molar-refractivity contribution in [3.05, 3.63) is 77.8 Å². The van der Waals surface area contributed by atoms with Crippen LogP contribution in [0.5, 0.6) is 11.5 Å². The highest BCUT2D eigenvalue weighted by Gasteiger charge is 2.07. The molecule has 8 heteroatoms. The zero-order valence-electron chi connectivity index (χ0n) is 16.8. The number of imidazole rings is 1. The maximum absolute atomic E-state index is 12.0. The Balaban J connectivity index is 1.32. The molecule has 30 heavy (non-hydrogen) atoms. The molecule has 0 spiro atoms. The van der Waals surface area contributed by atoms with Gasteiger partial charge in [0.25, 0.3) is 0 Å². The summed E-state index contributed by atoms with van der Waals surface area (Å²) in [4.78, 5) is 16.0. The molecule has 7 nitrogen and oxygen atoms in total. The summed E-state index contributed by atoms with van der Waals surface area (Å²) in [6.07, 6.45) is 5.31. The summed E-state index contributed by atoms with van der Waals surface area (Å²) in [6.45, 7) is 3.91. The standard InChI is InChI=1S/C22H25ClN4O3/c1-17(15-27-11-10-24-16-27)26-22(28)25-14-18-2-6-20(7-3-18)29-12-13-30-21-8-4-19(23)5-9-21/h2-11,16-17H,12-15H2,1H3,(H2,25,26,28). The molecule has 1 heterocycles. The van der Waals surface area contributed by atoms with Crippen molar-refractivity contribution in [1.82, 2.24) is 20.2 Å². The molecule has 3 aromatic rings. The van der Waals surface area contributed by atoms with E-state index >= 15 is 0 Å². The average Bonchev–Trinajstić information content (AvgIpc) is 3.24. The molecule has 0 radical (unpaired) electrons. The van der Waals surface area contributed by atoms with Gasteiger partial charge >= 0.3 is 6.03 Å². The molecule has 2 amide bonds. The minimum absolute atomic E-state index is 0.00920. The fraction of sp³-hybridized carbons (Fsp3) is 0.273. The lowest BCUT2D eigenvalue weighted by Gasteiger charge is -2.15. The summed E-state index contributed by atoms with van der Waals surface area (Å²) in [5.41, 5.74) is 0.983. The van der Waals surface area contributed by atoms with E-state index in [4.69, 9.17) is 21.1 Å². The Kier molecular flexibility index (Phi) is 7.97. The molecule has 0 fully saturated rings. The van der Waals surface area contributed by atoms with Gasteiger partial charge in [-0.2, -0.15) is 0 Å². The van der Waals surface area contributed by atoms with Gasteiger partial charge in [-0.1, -0.05) is 23.7 Å². The Morgan fingerprint density at radius 2 is 1.70 bits per heavy atom. The molecular weight excluding hydrogens is 404 g/mol. The number of nitrogens with zero attached hydrogens (tertiary/aromatic N) is 2. The van der Waals surface area contributed by atoms with Crippen LogP contribution in [0.15, 0.2) is 67.3 Å². The first kappa shape index (κ1) is 21.5. The molecule has 2 N–H and O–H groups in total. The molecular formula is C22H25ClN4O3. The van der Waals surface area contributed by atoms with Crippen LogP contribution in [-0.4, -0.2) is 34.8 Å². The minimum Gasteiger partial charge on any atom is -0.490 e. The van der Waals surface area contributed by atoms with Crippen molar-refractivity contribution in [3.63, 3.8) is 0 Å². The third kappa shape index (κ3) is 7.33. The quantitative estimate of drug-likeness (QED) is 0.480. The van der Waals surface area contributed by atoms with Gasteiger partial charge in [-0.15, -0.1) is 0 Å². The van der Waals surface area contributed by atoms with Crippen molar-refractivity contribution >= 4 is 17.6 Å². The first-order valence-electron chi connectivity index (χ1n) is 9.69. The van der Waals surface area contributed by atoms with Gasteiger partial charge in [0.05, 0.1) is 6.33 Å². The molecule has 0 saturated carbocycles. The third-order valence-corrected chi connectivity index (χ3v) is 4.48.